The van der Waals surface area contributed by atoms with E-state index in [1.54, 1.807) is 18.1 Å². The zero-order valence-electron chi connectivity index (χ0n) is 9.94. The number of hydrogen-bond acceptors (Lipinski definition) is 3. The van der Waals surface area contributed by atoms with Gasteiger partial charge in [-0.2, -0.15) is 0 Å². The summed E-state index contributed by atoms with van der Waals surface area (Å²) in [6.45, 7) is 0.836. The number of amides is 2. The minimum absolute atomic E-state index is 0.143. The van der Waals surface area contributed by atoms with Gasteiger partial charge in [-0.05, 0) is 6.07 Å². The molecule has 1 saturated heterocycles. The molecule has 0 radical (unpaired) electrons. The molecule has 1 aromatic rings. The Morgan fingerprint density at radius 3 is 2.89 bits per heavy atom. The lowest BCUT2D eigenvalue weighted by atomic mass is 10.1. The molecule has 1 unspecified atom stereocenters. The largest absolute Gasteiger partial charge is 0.383 e. The maximum absolute atomic E-state index is 11.8. The predicted octanol–water partition coefficient (Wildman–Crippen LogP) is 2.03. The molecule has 0 spiro atoms. The SMILES string of the molecule is COCCN1C(=O)NC(=N)C1c1ccccc1Cl. The molecule has 0 aromatic heterocycles. The fraction of sp³-hybridized carbons (Fsp3) is 0.333. The van der Waals surface area contributed by atoms with Gasteiger partial charge in [0.05, 0.1) is 6.61 Å². The molecule has 1 fully saturated rings. The molecule has 0 aliphatic carbocycles. The Bertz CT molecular complexity index is 478. The molecule has 2 rings (SSSR count). The van der Waals surface area contributed by atoms with E-state index in [2.05, 4.69) is 5.32 Å². The van der Waals surface area contributed by atoms with Gasteiger partial charge >= 0.3 is 6.03 Å². The maximum Gasteiger partial charge on any atom is 0.323 e. The molecule has 2 amide bonds. The minimum Gasteiger partial charge on any atom is -0.383 e. The number of benzene rings is 1. The van der Waals surface area contributed by atoms with Crippen LogP contribution in [0.15, 0.2) is 24.3 Å². The molecule has 0 saturated carbocycles. The van der Waals surface area contributed by atoms with E-state index in [4.69, 9.17) is 21.7 Å². The smallest absolute Gasteiger partial charge is 0.323 e. The van der Waals surface area contributed by atoms with Crippen molar-refractivity contribution in [3.8, 4) is 0 Å². The van der Waals surface area contributed by atoms with E-state index in [0.29, 0.717) is 18.2 Å². The summed E-state index contributed by atoms with van der Waals surface area (Å²) in [6, 6.07) is 6.48. The van der Waals surface area contributed by atoms with E-state index in [9.17, 15) is 4.79 Å². The molecule has 96 valence electrons. The number of nitrogens with one attached hydrogen (secondary N) is 2. The van der Waals surface area contributed by atoms with E-state index in [1.807, 2.05) is 18.2 Å². The molecule has 6 heteroatoms. The zero-order chi connectivity index (χ0) is 13.1. The van der Waals surface area contributed by atoms with Crippen LogP contribution in [0.25, 0.3) is 0 Å². The van der Waals surface area contributed by atoms with Gasteiger partial charge in [0.25, 0.3) is 0 Å². The van der Waals surface area contributed by atoms with Crippen LogP contribution in [-0.2, 0) is 4.74 Å². The summed E-state index contributed by atoms with van der Waals surface area (Å²) >= 11 is 6.12. The van der Waals surface area contributed by atoms with Gasteiger partial charge < -0.3 is 9.64 Å². The van der Waals surface area contributed by atoms with Crippen molar-refractivity contribution < 1.29 is 9.53 Å². The van der Waals surface area contributed by atoms with E-state index in [1.165, 1.54) is 0 Å². The van der Waals surface area contributed by atoms with E-state index in [0.717, 1.165) is 5.56 Å². The Balaban J connectivity index is 2.31. The number of halogens is 1. The standard InChI is InChI=1S/C12H14ClN3O2/c1-18-7-6-16-10(11(14)15-12(16)17)8-4-2-3-5-9(8)13/h2-5,10H,6-7H2,1H3,(H2,14,15,17). The molecule has 1 aliphatic heterocycles. The van der Waals surface area contributed by atoms with Crippen LogP contribution in [0.3, 0.4) is 0 Å². The number of hydrogen-bond donors (Lipinski definition) is 2. The van der Waals surface area contributed by atoms with Crippen LogP contribution in [0, 0.1) is 5.41 Å². The lowest BCUT2D eigenvalue weighted by Gasteiger charge is -2.23. The van der Waals surface area contributed by atoms with E-state index >= 15 is 0 Å². The molecule has 18 heavy (non-hydrogen) atoms. The molecule has 0 bridgehead atoms. The molecule has 1 atom stereocenters. The number of urea groups is 1. The highest BCUT2D eigenvalue weighted by Gasteiger charge is 2.37. The van der Waals surface area contributed by atoms with Gasteiger partial charge in [-0.25, -0.2) is 4.79 Å². The van der Waals surface area contributed by atoms with Crippen molar-refractivity contribution in [2.24, 2.45) is 0 Å². The topological polar surface area (TPSA) is 65.4 Å². The maximum atomic E-state index is 11.8. The lowest BCUT2D eigenvalue weighted by Crippen LogP contribution is -2.32. The molecule has 1 aliphatic rings. The highest BCUT2D eigenvalue weighted by Crippen LogP contribution is 2.30. The van der Waals surface area contributed by atoms with Gasteiger partial charge in [-0.1, -0.05) is 29.8 Å². The normalized spacial score (nSPS) is 19.2. The average molecular weight is 268 g/mol. The number of nitrogens with zero attached hydrogens (tertiary/aromatic N) is 1. The van der Waals surface area contributed by atoms with Crippen LogP contribution in [0.1, 0.15) is 11.6 Å². The van der Waals surface area contributed by atoms with E-state index < -0.39 is 6.04 Å². The number of methoxy groups -OCH3 is 1. The number of carbonyl (C=O) groups is 1. The summed E-state index contributed by atoms with van der Waals surface area (Å²) in [7, 11) is 1.57. The lowest BCUT2D eigenvalue weighted by molar-refractivity contribution is 0.151. The molecule has 1 heterocycles. The third kappa shape index (κ3) is 2.32. The van der Waals surface area contributed by atoms with Crippen molar-refractivity contribution in [1.82, 2.24) is 10.2 Å². The van der Waals surface area contributed by atoms with Gasteiger partial charge in [-0.3, -0.25) is 10.7 Å². The first-order valence-corrected chi connectivity index (χ1v) is 5.92. The van der Waals surface area contributed by atoms with Crippen LogP contribution in [-0.4, -0.2) is 37.0 Å². The molecular weight excluding hydrogens is 254 g/mol. The summed E-state index contributed by atoms with van der Waals surface area (Å²) in [5.41, 5.74) is 0.749. The number of ether oxygens (including phenoxy) is 1. The fourth-order valence-electron chi connectivity index (χ4n) is 1.97. The zero-order valence-corrected chi connectivity index (χ0v) is 10.7. The Morgan fingerprint density at radius 1 is 1.50 bits per heavy atom. The van der Waals surface area contributed by atoms with Gasteiger partial charge in [0.15, 0.2) is 0 Å². The Kier molecular flexibility index (Phi) is 3.84. The molecule has 1 aromatic carbocycles. The van der Waals surface area contributed by atoms with Gasteiger partial charge in [0, 0.05) is 24.2 Å². The van der Waals surface area contributed by atoms with Crippen LogP contribution in [0.5, 0.6) is 0 Å². The van der Waals surface area contributed by atoms with Crippen molar-refractivity contribution in [3.63, 3.8) is 0 Å². The Hall–Kier alpha value is -1.59. The summed E-state index contributed by atoms with van der Waals surface area (Å²) in [5, 5.41) is 10.9. The summed E-state index contributed by atoms with van der Waals surface area (Å²) in [6.07, 6.45) is 0. The third-order valence-electron chi connectivity index (χ3n) is 2.82. The first-order chi connectivity index (χ1) is 8.65. The average Bonchev–Trinajstić information content (AvgIpc) is 2.62. The summed E-state index contributed by atoms with van der Waals surface area (Å²) < 4.78 is 4.98. The van der Waals surface area contributed by atoms with Gasteiger partial charge in [0.2, 0.25) is 0 Å². The summed E-state index contributed by atoms with van der Waals surface area (Å²) in [5.74, 6) is 0.143. The fourth-order valence-corrected chi connectivity index (χ4v) is 2.21. The summed E-state index contributed by atoms with van der Waals surface area (Å²) in [4.78, 5) is 13.3. The van der Waals surface area contributed by atoms with Crippen molar-refractivity contribution in [1.29, 1.82) is 5.41 Å². The second-order valence-electron chi connectivity index (χ2n) is 3.95. The van der Waals surface area contributed by atoms with Crippen molar-refractivity contribution >= 4 is 23.5 Å². The molecular formula is C12H14ClN3O2. The van der Waals surface area contributed by atoms with Gasteiger partial charge in [-0.15, -0.1) is 0 Å². The number of amidine groups is 1. The first kappa shape index (κ1) is 12.9. The quantitative estimate of drug-likeness (QED) is 0.877. The van der Waals surface area contributed by atoms with Crippen LogP contribution >= 0.6 is 11.6 Å². The Morgan fingerprint density at radius 2 is 2.22 bits per heavy atom. The second-order valence-corrected chi connectivity index (χ2v) is 4.36. The van der Waals surface area contributed by atoms with E-state index in [-0.39, 0.29) is 11.9 Å². The predicted molar refractivity (Wildman–Crippen MR) is 69.0 cm³/mol. The monoisotopic (exact) mass is 267 g/mol. The van der Waals surface area contributed by atoms with Gasteiger partial charge in [0.1, 0.15) is 11.9 Å². The minimum atomic E-state index is -0.457. The number of rotatable bonds is 4. The Labute approximate surface area is 110 Å². The number of carbonyl (C=O) groups excluding carboxylic acids is 1. The van der Waals surface area contributed by atoms with Crippen molar-refractivity contribution in [3.05, 3.63) is 34.9 Å². The molecule has 2 N–H and O–H groups in total. The molecule has 5 nitrogen and oxygen atoms in total. The van der Waals surface area contributed by atoms with Crippen molar-refractivity contribution in [2.75, 3.05) is 20.3 Å². The first-order valence-electron chi connectivity index (χ1n) is 5.54. The highest BCUT2D eigenvalue weighted by molar-refractivity contribution is 6.31. The van der Waals surface area contributed by atoms with Crippen LogP contribution in [0.4, 0.5) is 4.79 Å². The van der Waals surface area contributed by atoms with Crippen LogP contribution < -0.4 is 5.32 Å². The van der Waals surface area contributed by atoms with Crippen LogP contribution in [0.2, 0.25) is 5.02 Å². The third-order valence-corrected chi connectivity index (χ3v) is 3.17. The second kappa shape index (κ2) is 5.37. The van der Waals surface area contributed by atoms with Crippen molar-refractivity contribution in [2.45, 2.75) is 6.04 Å². The highest BCUT2D eigenvalue weighted by atomic mass is 35.5.